The van der Waals surface area contributed by atoms with Crippen LogP contribution in [0.2, 0.25) is 0 Å². The van der Waals surface area contributed by atoms with Crippen molar-refractivity contribution in [2.45, 2.75) is 18.5 Å². The van der Waals surface area contributed by atoms with Gasteiger partial charge < -0.3 is 15.5 Å². The topological polar surface area (TPSA) is 69.6 Å². The van der Waals surface area contributed by atoms with Crippen LogP contribution < -0.4 is 5.32 Å². The van der Waals surface area contributed by atoms with Crippen LogP contribution in [-0.4, -0.2) is 41.3 Å². The van der Waals surface area contributed by atoms with E-state index < -0.39 is 6.04 Å². The van der Waals surface area contributed by atoms with Gasteiger partial charge in [0.25, 0.3) is 0 Å². The molecule has 4 heteroatoms. The third kappa shape index (κ3) is 1.34. The van der Waals surface area contributed by atoms with Crippen LogP contribution in [0.25, 0.3) is 0 Å². The summed E-state index contributed by atoms with van der Waals surface area (Å²) in [4.78, 5) is 10.8. The highest BCUT2D eigenvalue weighted by atomic mass is 16.3. The van der Waals surface area contributed by atoms with Crippen molar-refractivity contribution in [3.8, 4) is 0 Å². The Bertz CT molecular complexity index is 137. The SMILES string of the molecule is O=C1CC(CO)NC1CO. The lowest BCUT2D eigenvalue weighted by molar-refractivity contribution is -0.119. The van der Waals surface area contributed by atoms with Gasteiger partial charge in [0.1, 0.15) is 0 Å². The summed E-state index contributed by atoms with van der Waals surface area (Å²) < 4.78 is 0. The predicted octanol–water partition coefficient (Wildman–Crippen LogP) is -1.73. The van der Waals surface area contributed by atoms with Gasteiger partial charge >= 0.3 is 0 Å². The normalized spacial score (nSPS) is 33.2. The molecule has 1 aliphatic heterocycles. The summed E-state index contributed by atoms with van der Waals surface area (Å²) in [6, 6.07) is -0.596. The second kappa shape index (κ2) is 3.09. The van der Waals surface area contributed by atoms with Gasteiger partial charge in [-0.3, -0.25) is 4.79 Å². The number of rotatable bonds is 2. The minimum absolute atomic E-state index is 0.0125. The summed E-state index contributed by atoms with van der Waals surface area (Å²) in [5.41, 5.74) is 0. The first-order valence-corrected chi connectivity index (χ1v) is 3.28. The number of hydrogen-bond acceptors (Lipinski definition) is 4. The maximum atomic E-state index is 10.8. The number of carbonyl (C=O) groups is 1. The Morgan fingerprint density at radius 1 is 1.50 bits per heavy atom. The van der Waals surface area contributed by atoms with Crippen molar-refractivity contribution in [1.82, 2.24) is 5.32 Å². The van der Waals surface area contributed by atoms with E-state index in [1.165, 1.54) is 0 Å². The first kappa shape index (κ1) is 7.65. The number of hydrogen-bond donors (Lipinski definition) is 3. The lowest BCUT2D eigenvalue weighted by Crippen LogP contribution is -2.35. The van der Waals surface area contributed by atoms with Crippen LogP contribution in [-0.2, 0) is 4.79 Å². The standard InChI is InChI=1S/C6H11NO3/c8-2-4-1-6(10)5(3-9)7-4/h4-5,7-9H,1-3H2. The molecule has 2 atom stereocenters. The molecule has 0 aromatic heterocycles. The minimum Gasteiger partial charge on any atom is -0.395 e. The van der Waals surface area contributed by atoms with Gasteiger partial charge in [0.2, 0.25) is 0 Å². The van der Waals surface area contributed by atoms with Crippen molar-refractivity contribution >= 4 is 5.78 Å². The zero-order valence-electron chi connectivity index (χ0n) is 5.58. The van der Waals surface area contributed by atoms with Gasteiger partial charge in [-0.2, -0.15) is 0 Å². The highest BCUT2D eigenvalue weighted by Crippen LogP contribution is 2.06. The molecule has 0 radical (unpaired) electrons. The van der Waals surface area contributed by atoms with E-state index in [0.29, 0.717) is 6.42 Å². The van der Waals surface area contributed by atoms with E-state index >= 15 is 0 Å². The molecule has 0 spiro atoms. The molecular formula is C6H11NO3. The molecule has 0 bridgehead atoms. The third-order valence-electron chi connectivity index (χ3n) is 1.68. The van der Waals surface area contributed by atoms with E-state index in [4.69, 9.17) is 10.2 Å². The van der Waals surface area contributed by atoms with E-state index in [-0.39, 0.29) is 25.0 Å². The average Bonchev–Trinajstić information content (AvgIpc) is 2.30. The van der Waals surface area contributed by atoms with Crippen LogP contribution >= 0.6 is 0 Å². The largest absolute Gasteiger partial charge is 0.395 e. The molecule has 0 amide bonds. The number of ketones is 1. The highest BCUT2D eigenvalue weighted by Gasteiger charge is 2.30. The Morgan fingerprint density at radius 3 is 2.50 bits per heavy atom. The maximum absolute atomic E-state index is 10.8. The smallest absolute Gasteiger partial charge is 0.153 e. The predicted molar refractivity (Wildman–Crippen MR) is 34.5 cm³/mol. The summed E-state index contributed by atoms with van der Waals surface area (Å²) >= 11 is 0. The molecule has 0 aromatic carbocycles. The van der Waals surface area contributed by atoms with Crippen molar-refractivity contribution in [3.05, 3.63) is 0 Å². The molecule has 10 heavy (non-hydrogen) atoms. The third-order valence-corrected chi connectivity index (χ3v) is 1.68. The quantitative estimate of drug-likeness (QED) is 0.432. The van der Waals surface area contributed by atoms with Crippen LogP contribution in [0.4, 0.5) is 0 Å². The monoisotopic (exact) mass is 145 g/mol. The van der Waals surface area contributed by atoms with E-state index in [1.807, 2.05) is 0 Å². The zero-order valence-corrected chi connectivity index (χ0v) is 5.58. The fourth-order valence-electron chi connectivity index (χ4n) is 1.09. The van der Waals surface area contributed by atoms with Crippen LogP contribution in [0.15, 0.2) is 0 Å². The maximum Gasteiger partial charge on any atom is 0.153 e. The summed E-state index contributed by atoms with van der Waals surface area (Å²) in [6.07, 6.45) is 0.335. The second-order valence-electron chi connectivity index (χ2n) is 2.45. The lowest BCUT2D eigenvalue weighted by atomic mass is 10.2. The summed E-state index contributed by atoms with van der Waals surface area (Å²) in [5, 5.41) is 20.0. The summed E-state index contributed by atoms with van der Waals surface area (Å²) in [6.45, 7) is -0.211. The second-order valence-corrected chi connectivity index (χ2v) is 2.45. The molecule has 1 aliphatic rings. The summed E-state index contributed by atoms with van der Waals surface area (Å²) in [5.74, 6) is -0.0125. The Hall–Kier alpha value is -0.450. The Kier molecular flexibility index (Phi) is 2.37. The van der Waals surface area contributed by atoms with Gasteiger partial charge in [-0.1, -0.05) is 0 Å². The number of aliphatic hydroxyl groups is 2. The molecule has 4 nitrogen and oxygen atoms in total. The molecule has 1 saturated heterocycles. The minimum atomic E-state index is -0.447. The van der Waals surface area contributed by atoms with Crippen molar-refractivity contribution in [3.63, 3.8) is 0 Å². The number of aliphatic hydroxyl groups excluding tert-OH is 2. The van der Waals surface area contributed by atoms with Gasteiger partial charge in [-0.15, -0.1) is 0 Å². The molecule has 0 saturated carbocycles. The van der Waals surface area contributed by atoms with Gasteiger partial charge in [0.15, 0.2) is 5.78 Å². The van der Waals surface area contributed by atoms with E-state index in [1.54, 1.807) is 0 Å². The van der Waals surface area contributed by atoms with Crippen LogP contribution in [0, 0.1) is 0 Å². The van der Waals surface area contributed by atoms with Crippen molar-refractivity contribution < 1.29 is 15.0 Å². The first-order chi connectivity index (χ1) is 4.77. The van der Waals surface area contributed by atoms with E-state index in [9.17, 15) is 4.79 Å². The Balaban J connectivity index is 2.44. The van der Waals surface area contributed by atoms with Gasteiger partial charge in [-0.25, -0.2) is 0 Å². The average molecular weight is 145 g/mol. The molecule has 2 unspecified atom stereocenters. The lowest BCUT2D eigenvalue weighted by Gasteiger charge is -2.06. The molecule has 3 N–H and O–H groups in total. The van der Waals surface area contributed by atoms with Crippen LogP contribution in [0.1, 0.15) is 6.42 Å². The molecule has 1 heterocycles. The van der Waals surface area contributed by atoms with Crippen molar-refractivity contribution in [2.75, 3.05) is 13.2 Å². The van der Waals surface area contributed by atoms with Crippen molar-refractivity contribution in [2.24, 2.45) is 0 Å². The molecule has 0 aliphatic carbocycles. The Morgan fingerprint density at radius 2 is 2.20 bits per heavy atom. The molecule has 58 valence electrons. The number of Topliss-reactive ketones (excluding diaryl/α,β-unsaturated/α-hetero) is 1. The van der Waals surface area contributed by atoms with E-state index in [2.05, 4.69) is 5.32 Å². The fraction of sp³-hybridized carbons (Fsp3) is 0.833. The number of carbonyl (C=O) groups excluding carboxylic acids is 1. The van der Waals surface area contributed by atoms with Crippen LogP contribution in [0.3, 0.4) is 0 Å². The first-order valence-electron chi connectivity index (χ1n) is 3.28. The molecule has 0 aromatic rings. The summed E-state index contributed by atoms with van der Waals surface area (Å²) in [7, 11) is 0. The van der Waals surface area contributed by atoms with Crippen molar-refractivity contribution in [1.29, 1.82) is 0 Å². The van der Waals surface area contributed by atoms with Crippen LogP contribution in [0.5, 0.6) is 0 Å². The van der Waals surface area contributed by atoms with E-state index in [0.717, 1.165) is 0 Å². The molecule has 1 rings (SSSR count). The number of nitrogens with one attached hydrogen (secondary N) is 1. The van der Waals surface area contributed by atoms with Gasteiger partial charge in [0, 0.05) is 12.5 Å². The van der Waals surface area contributed by atoms with Gasteiger partial charge in [0.05, 0.1) is 19.3 Å². The fourth-order valence-corrected chi connectivity index (χ4v) is 1.09. The molecule has 1 fully saturated rings. The van der Waals surface area contributed by atoms with Gasteiger partial charge in [-0.05, 0) is 0 Å². The molecular weight excluding hydrogens is 134 g/mol. The highest BCUT2D eigenvalue weighted by molar-refractivity contribution is 5.86. The zero-order chi connectivity index (χ0) is 7.56. The Labute approximate surface area is 58.9 Å².